The maximum Gasteiger partial charge on any atom is 0.264 e. The normalized spacial score (nSPS) is 23.7. The van der Waals surface area contributed by atoms with E-state index in [1.807, 2.05) is 11.8 Å². The first-order valence-corrected chi connectivity index (χ1v) is 8.67. The molecule has 1 N–H and O–H groups in total. The molecule has 4 rings (SSSR count). The molecule has 2 bridgehead atoms. The van der Waals surface area contributed by atoms with Gasteiger partial charge in [0.25, 0.3) is 5.91 Å². The minimum atomic E-state index is -0.247. The monoisotopic (exact) mass is 354 g/mol. The van der Waals surface area contributed by atoms with Gasteiger partial charge in [-0.15, -0.1) is 23.7 Å². The SMILES string of the molecule is Cc1c(C(=O)N2CCC3CCC(C2)N3)sc2ccc(F)cc12.Cl. The third kappa shape index (κ3) is 2.97. The van der Waals surface area contributed by atoms with Crippen LogP contribution in [0.25, 0.3) is 10.1 Å². The number of carbonyl (C=O) groups excluding carboxylic acids is 1. The van der Waals surface area contributed by atoms with E-state index in [9.17, 15) is 9.18 Å². The van der Waals surface area contributed by atoms with E-state index in [-0.39, 0.29) is 24.1 Å². The fourth-order valence-corrected chi connectivity index (χ4v) is 4.83. The van der Waals surface area contributed by atoms with Crippen LogP contribution in [0.3, 0.4) is 0 Å². The Bertz CT molecular complexity index is 748. The van der Waals surface area contributed by atoms with E-state index >= 15 is 0 Å². The standard InChI is InChI=1S/C17H19FN2OS.ClH/c1-10-14-8-11(18)2-5-15(14)22-16(10)17(21)20-7-6-12-3-4-13(9-20)19-12;/h2,5,8,12-13,19H,3-4,6-7,9H2,1H3;1H. The Balaban J connectivity index is 0.00000156. The van der Waals surface area contributed by atoms with Crippen LogP contribution < -0.4 is 5.32 Å². The Labute approximate surface area is 145 Å². The molecule has 2 unspecified atom stereocenters. The van der Waals surface area contributed by atoms with Gasteiger partial charge in [0.05, 0.1) is 4.88 Å². The zero-order valence-electron chi connectivity index (χ0n) is 13.0. The van der Waals surface area contributed by atoms with Gasteiger partial charge in [0.2, 0.25) is 0 Å². The molecule has 2 atom stereocenters. The highest BCUT2D eigenvalue weighted by Gasteiger charge is 2.32. The van der Waals surface area contributed by atoms with Crippen molar-refractivity contribution < 1.29 is 9.18 Å². The first kappa shape index (κ1) is 16.7. The topological polar surface area (TPSA) is 32.3 Å². The maximum absolute atomic E-state index is 13.4. The largest absolute Gasteiger partial charge is 0.336 e. The highest BCUT2D eigenvalue weighted by Crippen LogP contribution is 2.33. The number of rotatable bonds is 1. The van der Waals surface area contributed by atoms with Crippen molar-refractivity contribution in [3.8, 4) is 0 Å². The third-order valence-electron chi connectivity index (χ3n) is 4.90. The average Bonchev–Trinajstić information content (AvgIpc) is 2.99. The number of nitrogens with zero attached hydrogens (tertiary/aromatic N) is 1. The number of carbonyl (C=O) groups is 1. The number of likely N-dealkylation sites (tertiary alicyclic amines) is 1. The second kappa shape index (κ2) is 6.38. The van der Waals surface area contributed by atoms with Gasteiger partial charge in [0.15, 0.2) is 0 Å². The van der Waals surface area contributed by atoms with E-state index in [1.54, 1.807) is 6.07 Å². The summed E-state index contributed by atoms with van der Waals surface area (Å²) in [5.41, 5.74) is 0.909. The predicted octanol–water partition coefficient (Wildman–Crippen LogP) is 3.74. The fourth-order valence-electron chi connectivity index (χ4n) is 3.67. The number of fused-ring (bicyclic) bond motifs is 3. The molecular formula is C17H20ClFN2OS. The summed E-state index contributed by atoms with van der Waals surface area (Å²) in [6.45, 7) is 3.53. The number of hydrogen-bond acceptors (Lipinski definition) is 3. The molecule has 1 aromatic carbocycles. The lowest BCUT2D eigenvalue weighted by atomic mass is 10.1. The third-order valence-corrected chi connectivity index (χ3v) is 6.16. The van der Waals surface area contributed by atoms with Crippen LogP contribution in [-0.2, 0) is 0 Å². The number of nitrogens with one attached hydrogen (secondary N) is 1. The van der Waals surface area contributed by atoms with Crippen molar-refractivity contribution in [1.29, 1.82) is 0 Å². The van der Waals surface area contributed by atoms with Crippen LogP contribution in [0.15, 0.2) is 18.2 Å². The van der Waals surface area contributed by atoms with Crippen LogP contribution in [0, 0.1) is 12.7 Å². The summed E-state index contributed by atoms with van der Waals surface area (Å²) < 4.78 is 14.4. The number of benzene rings is 1. The lowest BCUT2D eigenvalue weighted by molar-refractivity contribution is 0.0752. The van der Waals surface area contributed by atoms with Crippen molar-refractivity contribution >= 4 is 39.7 Å². The highest BCUT2D eigenvalue weighted by molar-refractivity contribution is 7.21. The van der Waals surface area contributed by atoms with Crippen LogP contribution in [0.2, 0.25) is 0 Å². The van der Waals surface area contributed by atoms with Gasteiger partial charge < -0.3 is 10.2 Å². The van der Waals surface area contributed by atoms with E-state index < -0.39 is 0 Å². The Morgan fingerprint density at radius 1 is 1.30 bits per heavy atom. The number of aryl methyl sites for hydroxylation is 1. The fraction of sp³-hybridized carbons (Fsp3) is 0.471. The van der Waals surface area contributed by atoms with Crippen LogP contribution >= 0.6 is 23.7 Å². The maximum atomic E-state index is 13.4. The summed E-state index contributed by atoms with van der Waals surface area (Å²) in [7, 11) is 0. The molecular weight excluding hydrogens is 335 g/mol. The zero-order chi connectivity index (χ0) is 15.3. The van der Waals surface area contributed by atoms with Crippen molar-refractivity contribution in [3.63, 3.8) is 0 Å². The van der Waals surface area contributed by atoms with Crippen molar-refractivity contribution in [2.45, 2.75) is 38.3 Å². The van der Waals surface area contributed by atoms with Gasteiger partial charge in [0, 0.05) is 29.9 Å². The number of halogens is 2. The van der Waals surface area contributed by atoms with E-state index in [4.69, 9.17) is 0 Å². The summed E-state index contributed by atoms with van der Waals surface area (Å²) in [6, 6.07) is 5.76. The average molecular weight is 355 g/mol. The molecule has 23 heavy (non-hydrogen) atoms. The Hall–Kier alpha value is -1.17. The number of thiophene rings is 1. The minimum Gasteiger partial charge on any atom is -0.336 e. The molecule has 6 heteroatoms. The molecule has 2 saturated heterocycles. The van der Waals surface area contributed by atoms with E-state index in [0.717, 1.165) is 46.5 Å². The molecule has 2 aliphatic rings. The van der Waals surface area contributed by atoms with E-state index in [0.29, 0.717) is 12.1 Å². The van der Waals surface area contributed by atoms with E-state index in [2.05, 4.69) is 5.32 Å². The Morgan fingerprint density at radius 3 is 2.91 bits per heavy atom. The van der Waals surface area contributed by atoms with Gasteiger partial charge in [-0.2, -0.15) is 0 Å². The molecule has 3 nitrogen and oxygen atoms in total. The van der Waals surface area contributed by atoms with Crippen molar-refractivity contribution in [1.82, 2.24) is 10.2 Å². The van der Waals surface area contributed by atoms with Crippen LogP contribution in [0.4, 0.5) is 4.39 Å². The minimum absolute atomic E-state index is 0. The molecule has 0 saturated carbocycles. The molecule has 0 spiro atoms. The zero-order valence-corrected chi connectivity index (χ0v) is 14.6. The van der Waals surface area contributed by atoms with Gasteiger partial charge in [0.1, 0.15) is 5.82 Å². The Morgan fingerprint density at radius 2 is 2.09 bits per heavy atom. The number of amides is 1. The summed E-state index contributed by atoms with van der Waals surface area (Å²) in [6.07, 6.45) is 3.42. The Kier molecular flexibility index (Phi) is 4.63. The molecule has 0 aliphatic carbocycles. The van der Waals surface area contributed by atoms with Gasteiger partial charge >= 0.3 is 0 Å². The molecule has 0 radical (unpaired) electrons. The second-order valence-electron chi connectivity index (χ2n) is 6.37. The summed E-state index contributed by atoms with van der Waals surface area (Å²) in [5.74, 6) is -0.142. The van der Waals surface area contributed by atoms with Crippen molar-refractivity contribution in [2.24, 2.45) is 0 Å². The van der Waals surface area contributed by atoms with Crippen LogP contribution in [0.1, 0.15) is 34.5 Å². The van der Waals surface area contributed by atoms with E-state index in [1.165, 1.54) is 29.9 Å². The highest BCUT2D eigenvalue weighted by atomic mass is 35.5. The summed E-state index contributed by atoms with van der Waals surface area (Å²) in [4.78, 5) is 15.7. The molecule has 2 aromatic rings. The van der Waals surface area contributed by atoms with Gasteiger partial charge in [-0.3, -0.25) is 4.79 Å². The van der Waals surface area contributed by atoms with Gasteiger partial charge in [-0.1, -0.05) is 0 Å². The smallest absolute Gasteiger partial charge is 0.264 e. The number of hydrogen-bond donors (Lipinski definition) is 1. The lowest BCUT2D eigenvalue weighted by Crippen LogP contribution is -2.38. The van der Waals surface area contributed by atoms with Crippen LogP contribution in [0.5, 0.6) is 0 Å². The molecule has 1 amide bonds. The lowest BCUT2D eigenvalue weighted by Gasteiger charge is -2.24. The van der Waals surface area contributed by atoms with Crippen LogP contribution in [-0.4, -0.2) is 36.0 Å². The van der Waals surface area contributed by atoms with Gasteiger partial charge in [-0.25, -0.2) is 4.39 Å². The van der Waals surface area contributed by atoms with Gasteiger partial charge in [-0.05, 0) is 55.3 Å². The van der Waals surface area contributed by atoms with Crippen molar-refractivity contribution in [2.75, 3.05) is 13.1 Å². The quantitative estimate of drug-likeness (QED) is 0.846. The predicted molar refractivity (Wildman–Crippen MR) is 94.2 cm³/mol. The summed E-state index contributed by atoms with van der Waals surface area (Å²) in [5, 5.41) is 4.46. The molecule has 124 valence electrons. The molecule has 2 fully saturated rings. The first-order valence-electron chi connectivity index (χ1n) is 7.86. The second-order valence-corrected chi connectivity index (χ2v) is 7.43. The molecule has 1 aromatic heterocycles. The molecule has 3 heterocycles. The summed E-state index contributed by atoms with van der Waals surface area (Å²) >= 11 is 1.48. The molecule has 2 aliphatic heterocycles. The van der Waals surface area contributed by atoms with Crippen molar-refractivity contribution in [3.05, 3.63) is 34.5 Å². The first-order chi connectivity index (χ1) is 10.6.